The molecule has 0 unspecified atom stereocenters. The van der Waals surface area contributed by atoms with E-state index < -0.39 is 0 Å². The molecule has 0 radical (unpaired) electrons. The topological polar surface area (TPSA) is 0 Å². The largest absolute Gasteiger partial charge is 0.207 e. The van der Waals surface area contributed by atoms with Gasteiger partial charge in [0, 0.05) is 21.9 Å². The van der Waals surface area contributed by atoms with Crippen molar-refractivity contribution in [3.05, 3.63) is 34.1 Å². The standard InChI is InChI=1S/C9H9BrClFS/c10-8-3-7(4-9(12)5-8)6-13-2-1-11/h3-5H,1-2,6H2. The normalized spacial score (nSPS) is 10.4. The van der Waals surface area contributed by atoms with Crippen LogP contribution >= 0.6 is 39.3 Å². The molecule has 72 valence electrons. The average Bonchev–Trinajstić information content (AvgIpc) is 2.03. The fraction of sp³-hybridized carbons (Fsp3) is 0.333. The summed E-state index contributed by atoms with van der Waals surface area (Å²) in [5.74, 6) is 2.15. The highest BCUT2D eigenvalue weighted by Gasteiger charge is 1.98. The van der Waals surface area contributed by atoms with Crippen molar-refractivity contribution in [3.63, 3.8) is 0 Å². The van der Waals surface area contributed by atoms with Crippen molar-refractivity contribution >= 4 is 39.3 Å². The molecule has 0 atom stereocenters. The summed E-state index contributed by atoms with van der Waals surface area (Å²) in [6.07, 6.45) is 0. The van der Waals surface area contributed by atoms with Crippen LogP contribution < -0.4 is 0 Å². The summed E-state index contributed by atoms with van der Waals surface area (Å²) in [4.78, 5) is 0. The second-order valence-electron chi connectivity index (χ2n) is 2.52. The molecule has 13 heavy (non-hydrogen) atoms. The lowest BCUT2D eigenvalue weighted by Crippen LogP contribution is -1.86. The Labute approximate surface area is 95.0 Å². The third-order valence-corrected chi connectivity index (χ3v) is 3.31. The molecule has 0 N–H and O–H groups in total. The first kappa shape index (κ1) is 11.3. The van der Waals surface area contributed by atoms with Crippen LogP contribution in [-0.4, -0.2) is 11.6 Å². The minimum atomic E-state index is -0.198. The van der Waals surface area contributed by atoms with Crippen LogP contribution in [-0.2, 0) is 5.75 Å². The van der Waals surface area contributed by atoms with Gasteiger partial charge in [-0.15, -0.1) is 11.6 Å². The van der Waals surface area contributed by atoms with Gasteiger partial charge >= 0.3 is 0 Å². The van der Waals surface area contributed by atoms with Crippen molar-refractivity contribution in [3.8, 4) is 0 Å². The van der Waals surface area contributed by atoms with Crippen LogP contribution in [0.5, 0.6) is 0 Å². The molecule has 1 rings (SSSR count). The van der Waals surface area contributed by atoms with E-state index in [-0.39, 0.29) is 5.82 Å². The molecule has 0 aliphatic heterocycles. The molecule has 0 amide bonds. The van der Waals surface area contributed by atoms with Gasteiger partial charge in [-0.25, -0.2) is 4.39 Å². The fourth-order valence-electron chi connectivity index (χ4n) is 0.939. The Bertz CT molecular complexity index is 260. The Morgan fingerprint density at radius 2 is 2.15 bits per heavy atom. The molecule has 0 saturated heterocycles. The van der Waals surface area contributed by atoms with Crippen LogP contribution in [0, 0.1) is 5.82 Å². The maximum atomic E-state index is 12.9. The monoisotopic (exact) mass is 282 g/mol. The van der Waals surface area contributed by atoms with Crippen molar-refractivity contribution in [1.82, 2.24) is 0 Å². The van der Waals surface area contributed by atoms with Crippen LogP contribution in [0.15, 0.2) is 22.7 Å². The molecule has 1 aromatic rings. The van der Waals surface area contributed by atoms with Gasteiger partial charge in [-0.3, -0.25) is 0 Å². The highest BCUT2D eigenvalue weighted by atomic mass is 79.9. The zero-order valence-electron chi connectivity index (χ0n) is 6.90. The summed E-state index contributed by atoms with van der Waals surface area (Å²) in [5, 5.41) is 0. The number of alkyl halides is 1. The lowest BCUT2D eigenvalue weighted by molar-refractivity contribution is 0.625. The number of benzene rings is 1. The average molecular weight is 284 g/mol. The van der Waals surface area contributed by atoms with Crippen LogP contribution in [0.4, 0.5) is 4.39 Å². The molecule has 0 aliphatic carbocycles. The molecule has 0 saturated carbocycles. The van der Waals surface area contributed by atoms with E-state index in [1.54, 1.807) is 17.8 Å². The van der Waals surface area contributed by atoms with Crippen molar-refractivity contribution in [2.45, 2.75) is 5.75 Å². The van der Waals surface area contributed by atoms with E-state index in [9.17, 15) is 4.39 Å². The quantitative estimate of drug-likeness (QED) is 0.593. The Kier molecular flexibility index (Phi) is 5.14. The van der Waals surface area contributed by atoms with Crippen molar-refractivity contribution in [2.75, 3.05) is 11.6 Å². The van der Waals surface area contributed by atoms with E-state index >= 15 is 0 Å². The van der Waals surface area contributed by atoms with Crippen molar-refractivity contribution in [1.29, 1.82) is 0 Å². The van der Waals surface area contributed by atoms with Crippen LogP contribution in [0.1, 0.15) is 5.56 Å². The van der Waals surface area contributed by atoms with Crippen molar-refractivity contribution < 1.29 is 4.39 Å². The molecule has 0 heterocycles. The zero-order valence-corrected chi connectivity index (χ0v) is 10.1. The molecular formula is C9H9BrClFS. The summed E-state index contributed by atoms with van der Waals surface area (Å²) in [5.41, 5.74) is 0.988. The van der Waals surface area contributed by atoms with Gasteiger partial charge in [0.25, 0.3) is 0 Å². The molecule has 1 aromatic carbocycles. The van der Waals surface area contributed by atoms with Crippen LogP contribution in [0.2, 0.25) is 0 Å². The Hall–Kier alpha value is 0.270. The van der Waals surface area contributed by atoms with Gasteiger partial charge < -0.3 is 0 Å². The van der Waals surface area contributed by atoms with Gasteiger partial charge in [-0.1, -0.05) is 15.9 Å². The van der Waals surface area contributed by atoms with E-state index in [2.05, 4.69) is 15.9 Å². The third kappa shape index (κ3) is 4.34. The Balaban J connectivity index is 2.56. The molecule has 0 spiro atoms. The summed E-state index contributed by atoms with van der Waals surface area (Å²) in [6.45, 7) is 0. The third-order valence-electron chi connectivity index (χ3n) is 1.41. The highest BCUT2D eigenvalue weighted by Crippen LogP contribution is 2.19. The van der Waals surface area contributed by atoms with Gasteiger partial charge in [0.15, 0.2) is 0 Å². The lowest BCUT2D eigenvalue weighted by Gasteiger charge is -2.01. The molecule has 0 fully saturated rings. The number of thioether (sulfide) groups is 1. The predicted molar refractivity (Wildman–Crippen MR) is 61.0 cm³/mol. The number of hydrogen-bond acceptors (Lipinski definition) is 1. The SMILES string of the molecule is Fc1cc(Br)cc(CSCCCl)c1. The van der Waals surface area contributed by atoms with E-state index in [1.165, 1.54) is 6.07 Å². The summed E-state index contributed by atoms with van der Waals surface area (Å²) < 4.78 is 13.7. The molecule has 0 aliphatic rings. The fourth-order valence-corrected chi connectivity index (χ4v) is 2.43. The van der Waals surface area contributed by atoms with Gasteiger partial charge in [-0.05, 0) is 23.8 Å². The summed E-state index contributed by atoms with van der Waals surface area (Å²) in [7, 11) is 0. The maximum absolute atomic E-state index is 12.9. The molecule has 0 aromatic heterocycles. The summed E-state index contributed by atoms with van der Waals surface area (Å²) >= 11 is 10.5. The second kappa shape index (κ2) is 5.89. The lowest BCUT2D eigenvalue weighted by atomic mass is 10.2. The van der Waals surface area contributed by atoms with Crippen LogP contribution in [0.3, 0.4) is 0 Å². The van der Waals surface area contributed by atoms with Gasteiger partial charge in [-0.2, -0.15) is 11.8 Å². The first-order valence-electron chi connectivity index (χ1n) is 3.81. The van der Waals surface area contributed by atoms with Gasteiger partial charge in [0.2, 0.25) is 0 Å². The molecular weight excluding hydrogens is 275 g/mol. The van der Waals surface area contributed by atoms with Crippen molar-refractivity contribution in [2.24, 2.45) is 0 Å². The van der Waals surface area contributed by atoms with Crippen LogP contribution in [0.25, 0.3) is 0 Å². The van der Waals surface area contributed by atoms with Gasteiger partial charge in [0.05, 0.1) is 0 Å². The van der Waals surface area contributed by atoms with E-state index in [0.717, 1.165) is 21.5 Å². The van der Waals surface area contributed by atoms with E-state index in [0.29, 0.717) is 5.88 Å². The molecule has 0 bridgehead atoms. The Morgan fingerprint density at radius 1 is 1.38 bits per heavy atom. The van der Waals surface area contributed by atoms with Gasteiger partial charge in [0.1, 0.15) is 5.82 Å². The molecule has 0 nitrogen and oxygen atoms in total. The minimum Gasteiger partial charge on any atom is -0.207 e. The first-order chi connectivity index (χ1) is 6.22. The summed E-state index contributed by atoms with van der Waals surface area (Å²) in [6, 6.07) is 4.92. The zero-order chi connectivity index (χ0) is 9.68. The second-order valence-corrected chi connectivity index (χ2v) is 4.92. The van der Waals surface area contributed by atoms with E-state index in [1.807, 2.05) is 6.07 Å². The maximum Gasteiger partial charge on any atom is 0.124 e. The number of halogens is 3. The predicted octanol–water partition coefficient (Wildman–Crippen LogP) is 4.06. The number of hydrogen-bond donors (Lipinski definition) is 0. The smallest absolute Gasteiger partial charge is 0.124 e. The molecule has 4 heteroatoms. The minimum absolute atomic E-state index is 0.198. The number of rotatable bonds is 4. The first-order valence-corrected chi connectivity index (χ1v) is 6.29. The highest BCUT2D eigenvalue weighted by molar-refractivity contribution is 9.10. The van der Waals surface area contributed by atoms with E-state index in [4.69, 9.17) is 11.6 Å². The Morgan fingerprint density at radius 3 is 2.77 bits per heavy atom.